The molecule has 0 aliphatic carbocycles. The molecule has 0 radical (unpaired) electrons. The summed E-state index contributed by atoms with van der Waals surface area (Å²) in [6.45, 7) is -2.87. The van der Waals surface area contributed by atoms with Gasteiger partial charge in [0, 0.05) is 29.6 Å². The highest BCUT2D eigenvalue weighted by atomic mass is 79.9. The molecule has 0 aliphatic heterocycles. The lowest BCUT2D eigenvalue weighted by molar-refractivity contribution is -0.0498. The number of carbonyl (C=O) groups is 1. The molecule has 31 heavy (non-hydrogen) atoms. The Kier molecular flexibility index (Phi) is 7.50. The Labute approximate surface area is 185 Å². The van der Waals surface area contributed by atoms with E-state index in [0.29, 0.717) is 27.2 Å². The molecule has 7 nitrogen and oxygen atoms in total. The zero-order valence-corrected chi connectivity index (χ0v) is 17.9. The fourth-order valence-electron chi connectivity index (χ4n) is 2.60. The molecule has 10 heteroatoms. The monoisotopic (exact) mass is 489 g/mol. The first-order valence-corrected chi connectivity index (χ1v) is 9.82. The molecule has 0 atom stereocenters. The highest BCUT2D eigenvalue weighted by molar-refractivity contribution is 9.10. The molecule has 0 bridgehead atoms. The summed E-state index contributed by atoms with van der Waals surface area (Å²) in [4.78, 5) is 23.4. The highest BCUT2D eigenvalue weighted by Gasteiger charge is 2.09. The minimum absolute atomic E-state index is 0.0740. The molecule has 0 saturated heterocycles. The second kappa shape index (κ2) is 10.5. The molecule has 3 N–H and O–H groups in total. The van der Waals surface area contributed by atoms with E-state index in [1.165, 1.54) is 18.3 Å². The van der Waals surface area contributed by atoms with Crippen LogP contribution >= 0.6 is 15.9 Å². The Morgan fingerprint density at radius 3 is 2.61 bits per heavy atom. The number of rotatable bonds is 6. The van der Waals surface area contributed by atoms with Crippen LogP contribution in [0.1, 0.15) is 10.4 Å². The summed E-state index contributed by atoms with van der Waals surface area (Å²) in [5.41, 5.74) is 2.60. The second-order valence-corrected chi connectivity index (χ2v) is 6.95. The number of benzene rings is 2. The van der Waals surface area contributed by atoms with Gasteiger partial charge in [0.2, 0.25) is 0 Å². The van der Waals surface area contributed by atoms with Crippen molar-refractivity contribution >= 4 is 33.3 Å². The SMILES string of the molecule is CNC(=O)c1ccc(Nc2cncc(-c3ccc(OC(F)F)cc3)[nH]ccn2)cc1Br. The van der Waals surface area contributed by atoms with Gasteiger partial charge in [-0.3, -0.25) is 9.78 Å². The van der Waals surface area contributed by atoms with Crippen LogP contribution in [-0.2, 0) is 0 Å². The fraction of sp³-hybridized carbons (Fsp3) is 0.0952. The lowest BCUT2D eigenvalue weighted by atomic mass is 10.1. The van der Waals surface area contributed by atoms with Crippen molar-refractivity contribution < 1.29 is 18.3 Å². The van der Waals surface area contributed by atoms with E-state index in [1.807, 2.05) is 0 Å². The van der Waals surface area contributed by atoms with E-state index >= 15 is 0 Å². The van der Waals surface area contributed by atoms with Gasteiger partial charge in [0.25, 0.3) is 5.91 Å². The maximum atomic E-state index is 12.3. The van der Waals surface area contributed by atoms with E-state index < -0.39 is 6.61 Å². The third-order valence-corrected chi connectivity index (χ3v) is 4.69. The smallest absolute Gasteiger partial charge is 0.387 e. The van der Waals surface area contributed by atoms with Crippen LogP contribution in [0, 0.1) is 0 Å². The summed E-state index contributed by atoms with van der Waals surface area (Å²) in [7, 11) is 1.57. The lowest BCUT2D eigenvalue weighted by Crippen LogP contribution is -2.18. The molecule has 3 aromatic rings. The van der Waals surface area contributed by atoms with Crippen molar-refractivity contribution in [3.05, 3.63) is 77.3 Å². The quantitative estimate of drug-likeness (QED) is 0.449. The van der Waals surface area contributed by atoms with Crippen LogP contribution in [0.2, 0.25) is 0 Å². The number of nitrogens with zero attached hydrogens (tertiary/aromatic N) is 2. The standard InChI is InChI=1S/C21H18BrF2N5O2/c1-25-20(30)16-7-4-14(10-17(16)22)29-19-12-26-11-18(27-8-9-28-19)13-2-5-15(6-3-13)31-21(23)24/h2-12,21,27H,1H3,(H,25,30)(H,28,29). The van der Waals surface area contributed by atoms with Gasteiger partial charge >= 0.3 is 6.61 Å². The number of amides is 1. The Morgan fingerprint density at radius 1 is 1.16 bits per heavy atom. The number of anilines is 2. The van der Waals surface area contributed by atoms with Crippen molar-refractivity contribution in [2.45, 2.75) is 6.61 Å². The molecule has 0 unspecified atom stereocenters. The van der Waals surface area contributed by atoms with E-state index in [9.17, 15) is 13.6 Å². The normalized spacial score (nSPS) is 10.4. The first-order chi connectivity index (χ1) is 15.0. The van der Waals surface area contributed by atoms with E-state index in [4.69, 9.17) is 0 Å². The van der Waals surface area contributed by atoms with Gasteiger partial charge in [0.15, 0.2) is 0 Å². The third-order valence-electron chi connectivity index (χ3n) is 4.03. The minimum Gasteiger partial charge on any atom is -0.435 e. The molecule has 2 aromatic carbocycles. The molecule has 1 amide bonds. The molecule has 0 saturated carbocycles. The Balaban J connectivity index is 1.81. The average Bonchev–Trinajstić information content (AvgIpc) is 2.86. The third kappa shape index (κ3) is 6.22. The topological polar surface area (TPSA) is 91.9 Å². The van der Waals surface area contributed by atoms with Gasteiger partial charge < -0.3 is 20.4 Å². The van der Waals surface area contributed by atoms with E-state index in [-0.39, 0.29) is 11.7 Å². The summed E-state index contributed by atoms with van der Waals surface area (Å²) in [5.74, 6) is 0.348. The Hall–Kier alpha value is -3.53. The number of aromatic amines is 1. The van der Waals surface area contributed by atoms with Crippen molar-refractivity contribution in [2.24, 2.45) is 0 Å². The number of H-pyrrole nitrogens is 1. The number of hydrogen-bond donors (Lipinski definition) is 3. The minimum atomic E-state index is -2.87. The fourth-order valence-corrected chi connectivity index (χ4v) is 3.15. The van der Waals surface area contributed by atoms with Gasteiger partial charge in [-0.25, -0.2) is 4.98 Å². The molecule has 0 spiro atoms. The van der Waals surface area contributed by atoms with E-state index in [2.05, 4.69) is 46.3 Å². The molecule has 0 aliphatic rings. The summed E-state index contributed by atoms with van der Waals surface area (Å²) in [6, 6.07) is 11.4. The summed E-state index contributed by atoms with van der Waals surface area (Å²) in [6.07, 6.45) is 6.29. The molecular weight excluding hydrogens is 472 g/mol. The van der Waals surface area contributed by atoms with Gasteiger partial charge in [-0.2, -0.15) is 8.78 Å². The predicted molar refractivity (Wildman–Crippen MR) is 117 cm³/mol. The number of nitrogens with one attached hydrogen (secondary N) is 3. The molecule has 3 rings (SSSR count). The van der Waals surface area contributed by atoms with Gasteiger partial charge in [-0.15, -0.1) is 0 Å². The van der Waals surface area contributed by atoms with Crippen molar-refractivity contribution in [1.29, 1.82) is 0 Å². The van der Waals surface area contributed by atoms with Gasteiger partial charge in [-0.05, 0) is 64.0 Å². The Bertz CT molecular complexity index is 1100. The number of hydrogen-bond acceptors (Lipinski definition) is 5. The second-order valence-electron chi connectivity index (χ2n) is 6.10. The lowest BCUT2D eigenvalue weighted by Gasteiger charge is -2.07. The highest BCUT2D eigenvalue weighted by Crippen LogP contribution is 2.24. The molecule has 0 fully saturated rings. The molecule has 1 aromatic heterocycles. The number of ether oxygens (including phenoxy) is 1. The maximum Gasteiger partial charge on any atom is 0.387 e. The first-order valence-electron chi connectivity index (χ1n) is 9.03. The summed E-state index contributed by atoms with van der Waals surface area (Å²) < 4.78 is 29.6. The first kappa shape index (κ1) is 22.2. The zero-order valence-electron chi connectivity index (χ0n) is 16.3. The van der Waals surface area contributed by atoms with Crippen LogP contribution < -0.4 is 15.4 Å². The van der Waals surface area contributed by atoms with Crippen LogP contribution in [-0.4, -0.2) is 34.5 Å². The van der Waals surface area contributed by atoms with E-state index in [1.54, 1.807) is 56.0 Å². The largest absolute Gasteiger partial charge is 0.435 e. The molecular formula is C21H18BrF2N5O2. The van der Waals surface area contributed by atoms with Crippen LogP contribution in [0.5, 0.6) is 5.75 Å². The zero-order chi connectivity index (χ0) is 22.2. The van der Waals surface area contributed by atoms with Crippen LogP contribution in [0.3, 0.4) is 0 Å². The number of aromatic nitrogens is 3. The van der Waals surface area contributed by atoms with Crippen LogP contribution in [0.25, 0.3) is 11.3 Å². The number of alkyl halides is 2. The predicted octanol–water partition coefficient (Wildman–Crippen LogP) is 5.06. The maximum absolute atomic E-state index is 12.3. The Morgan fingerprint density at radius 2 is 1.94 bits per heavy atom. The van der Waals surface area contributed by atoms with Crippen molar-refractivity contribution in [2.75, 3.05) is 12.4 Å². The number of halogens is 3. The molecule has 1 heterocycles. The molecule has 160 valence electrons. The van der Waals surface area contributed by atoms with Gasteiger partial charge in [-0.1, -0.05) is 0 Å². The summed E-state index contributed by atoms with van der Waals surface area (Å²) in [5, 5.41) is 5.70. The van der Waals surface area contributed by atoms with Crippen molar-refractivity contribution in [3.8, 4) is 17.0 Å². The number of carbonyl (C=O) groups excluding carboxylic acids is 1. The van der Waals surface area contributed by atoms with Gasteiger partial charge in [0.1, 0.15) is 11.6 Å². The van der Waals surface area contributed by atoms with Crippen molar-refractivity contribution in [3.63, 3.8) is 0 Å². The average molecular weight is 490 g/mol. The van der Waals surface area contributed by atoms with Crippen molar-refractivity contribution in [1.82, 2.24) is 20.3 Å². The van der Waals surface area contributed by atoms with Crippen LogP contribution in [0.15, 0.2) is 71.7 Å². The van der Waals surface area contributed by atoms with E-state index in [0.717, 1.165) is 5.56 Å². The van der Waals surface area contributed by atoms with Gasteiger partial charge in [0.05, 0.1) is 23.7 Å². The summed E-state index contributed by atoms with van der Waals surface area (Å²) >= 11 is 3.39. The van der Waals surface area contributed by atoms with Crippen LogP contribution in [0.4, 0.5) is 20.3 Å².